The lowest BCUT2D eigenvalue weighted by molar-refractivity contribution is -0.161. The summed E-state index contributed by atoms with van der Waals surface area (Å²) in [5.41, 5.74) is -1.41. The maximum atomic E-state index is 13.2. The number of amides is 1. The van der Waals surface area contributed by atoms with Gasteiger partial charge in [-0.05, 0) is 32.1 Å². The van der Waals surface area contributed by atoms with Gasteiger partial charge in [0.15, 0.2) is 0 Å². The molecule has 17 heavy (non-hydrogen) atoms. The van der Waals surface area contributed by atoms with Crippen molar-refractivity contribution in [2.75, 3.05) is 0 Å². The fourth-order valence-electron chi connectivity index (χ4n) is 2.35. The van der Waals surface area contributed by atoms with Crippen molar-refractivity contribution in [3.63, 3.8) is 0 Å². The third-order valence-corrected chi connectivity index (χ3v) is 3.76. The number of rotatable bonds is 2. The average Bonchev–Trinajstić information content (AvgIpc) is 2.21. The molecule has 1 amide bonds. The van der Waals surface area contributed by atoms with Gasteiger partial charge in [0.1, 0.15) is 11.7 Å². The number of aliphatic hydroxyl groups excluding tert-OH is 1. The quantitative estimate of drug-likeness (QED) is 0.670. The third kappa shape index (κ3) is 2.28. The van der Waals surface area contributed by atoms with Crippen molar-refractivity contribution >= 4 is 5.91 Å². The van der Waals surface area contributed by atoms with Gasteiger partial charge in [-0.1, -0.05) is 0 Å². The second-order valence-corrected chi connectivity index (χ2v) is 5.06. The molecule has 0 aromatic carbocycles. The summed E-state index contributed by atoms with van der Waals surface area (Å²) in [6, 6.07) is -0.962. The van der Waals surface area contributed by atoms with Crippen LogP contribution in [0.3, 0.4) is 0 Å². The molecule has 2 atom stereocenters. The minimum Gasteiger partial charge on any atom is -0.385 e. The Morgan fingerprint density at radius 2 is 1.88 bits per heavy atom. The van der Waals surface area contributed by atoms with Crippen LogP contribution in [0.4, 0.5) is 8.78 Å². The number of alkyl halides is 2. The van der Waals surface area contributed by atoms with Crippen LogP contribution in [0.15, 0.2) is 0 Å². The van der Waals surface area contributed by atoms with Crippen molar-refractivity contribution in [2.24, 2.45) is 0 Å². The molecule has 98 valence electrons. The molecule has 0 heterocycles. The van der Waals surface area contributed by atoms with Crippen molar-refractivity contribution in [1.82, 2.24) is 5.32 Å². The maximum absolute atomic E-state index is 13.2. The predicted molar refractivity (Wildman–Crippen MR) is 55.5 cm³/mol. The average molecular weight is 249 g/mol. The maximum Gasteiger partial charge on any atom is 0.275 e. The highest BCUT2D eigenvalue weighted by molar-refractivity contribution is 5.86. The lowest BCUT2D eigenvalue weighted by Crippen LogP contribution is -2.60. The highest BCUT2D eigenvalue weighted by Crippen LogP contribution is 2.35. The number of hydrogen-bond acceptors (Lipinski definition) is 3. The zero-order valence-corrected chi connectivity index (χ0v) is 9.46. The number of carbonyl (C=O) groups excluding carboxylic acids is 1. The molecular weight excluding hydrogens is 232 g/mol. The Morgan fingerprint density at radius 1 is 1.24 bits per heavy atom. The number of aliphatic hydroxyl groups is 2. The summed E-state index contributed by atoms with van der Waals surface area (Å²) in [7, 11) is 0. The summed E-state index contributed by atoms with van der Waals surface area (Å²) < 4.78 is 26.5. The molecule has 2 rings (SSSR count). The molecule has 0 aromatic rings. The first-order valence-electron chi connectivity index (χ1n) is 5.94. The summed E-state index contributed by atoms with van der Waals surface area (Å²) in [6.07, 6.45) is -0.163. The normalized spacial score (nSPS) is 34.8. The summed E-state index contributed by atoms with van der Waals surface area (Å²) in [5.74, 6) is -3.79. The first kappa shape index (κ1) is 12.7. The number of hydrogen-bond donors (Lipinski definition) is 3. The van der Waals surface area contributed by atoms with Gasteiger partial charge in [0.25, 0.3) is 11.8 Å². The summed E-state index contributed by atoms with van der Waals surface area (Å²) in [6.45, 7) is 0. The second-order valence-electron chi connectivity index (χ2n) is 5.06. The SMILES string of the molecule is O=C(N[C@@H]1CCCC(F)(F)[C@H]1O)C1(O)CCC1. The highest BCUT2D eigenvalue weighted by Gasteiger charge is 2.49. The van der Waals surface area contributed by atoms with Gasteiger partial charge >= 0.3 is 0 Å². The molecule has 0 spiro atoms. The Bertz CT molecular complexity index is 318. The van der Waals surface area contributed by atoms with Crippen LogP contribution in [0.1, 0.15) is 38.5 Å². The van der Waals surface area contributed by atoms with E-state index in [-0.39, 0.29) is 12.8 Å². The van der Waals surface area contributed by atoms with Gasteiger partial charge < -0.3 is 15.5 Å². The molecule has 0 unspecified atom stereocenters. The fraction of sp³-hybridized carbons (Fsp3) is 0.909. The molecule has 6 heteroatoms. The van der Waals surface area contributed by atoms with Crippen molar-refractivity contribution in [3.05, 3.63) is 0 Å². The van der Waals surface area contributed by atoms with Crippen LogP contribution in [0, 0.1) is 0 Å². The van der Waals surface area contributed by atoms with Gasteiger partial charge in [0.2, 0.25) is 0 Å². The van der Waals surface area contributed by atoms with Crippen molar-refractivity contribution in [1.29, 1.82) is 0 Å². The van der Waals surface area contributed by atoms with Gasteiger partial charge in [-0.3, -0.25) is 4.79 Å². The summed E-state index contributed by atoms with van der Waals surface area (Å²) in [4.78, 5) is 11.7. The predicted octanol–water partition coefficient (Wildman–Crippen LogP) is 0.566. The first-order valence-corrected chi connectivity index (χ1v) is 5.94. The van der Waals surface area contributed by atoms with Gasteiger partial charge in [-0.25, -0.2) is 8.78 Å². The Morgan fingerprint density at radius 3 is 2.41 bits per heavy atom. The minimum absolute atomic E-state index is 0.257. The van der Waals surface area contributed by atoms with Gasteiger partial charge in [-0.15, -0.1) is 0 Å². The van der Waals surface area contributed by atoms with Crippen LogP contribution in [0.25, 0.3) is 0 Å². The van der Waals surface area contributed by atoms with E-state index in [1.807, 2.05) is 0 Å². The van der Waals surface area contributed by atoms with E-state index < -0.39 is 29.6 Å². The third-order valence-electron chi connectivity index (χ3n) is 3.76. The van der Waals surface area contributed by atoms with Crippen LogP contribution in [-0.4, -0.2) is 39.8 Å². The van der Waals surface area contributed by atoms with Crippen LogP contribution in [-0.2, 0) is 4.79 Å². The number of nitrogens with one attached hydrogen (secondary N) is 1. The van der Waals surface area contributed by atoms with Crippen LogP contribution < -0.4 is 5.32 Å². The lowest BCUT2D eigenvalue weighted by atomic mass is 9.79. The topological polar surface area (TPSA) is 69.6 Å². The zero-order valence-electron chi connectivity index (χ0n) is 9.46. The van der Waals surface area contributed by atoms with Crippen molar-refractivity contribution in [2.45, 2.75) is 62.2 Å². The molecule has 2 saturated carbocycles. The smallest absolute Gasteiger partial charge is 0.275 e. The largest absolute Gasteiger partial charge is 0.385 e. The minimum atomic E-state index is -3.15. The van der Waals surface area contributed by atoms with E-state index in [9.17, 15) is 23.8 Å². The standard InChI is InChI=1S/C11H17F2NO3/c12-11(13)6-1-3-7(8(11)15)14-9(16)10(17)4-2-5-10/h7-8,15,17H,1-6H2,(H,14,16)/t7-,8+/m1/s1. The monoisotopic (exact) mass is 249 g/mol. The van der Waals surface area contributed by atoms with E-state index in [1.165, 1.54) is 0 Å². The van der Waals surface area contributed by atoms with Crippen LogP contribution in [0.5, 0.6) is 0 Å². The van der Waals surface area contributed by atoms with E-state index in [0.717, 1.165) is 6.42 Å². The van der Waals surface area contributed by atoms with Crippen molar-refractivity contribution < 1.29 is 23.8 Å². The Balaban J connectivity index is 1.96. The van der Waals surface area contributed by atoms with Crippen molar-refractivity contribution in [3.8, 4) is 0 Å². The molecule has 2 aliphatic rings. The molecule has 2 aliphatic carbocycles. The molecule has 3 N–H and O–H groups in total. The molecule has 0 aromatic heterocycles. The van der Waals surface area contributed by atoms with E-state index in [0.29, 0.717) is 19.3 Å². The van der Waals surface area contributed by atoms with E-state index in [2.05, 4.69) is 5.32 Å². The molecule has 2 fully saturated rings. The Labute approximate surface area is 98.0 Å². The summed E-state index contributed by atoms with van der Waals surface area (Å²) >= 11 is 0. The van der Waals surface area contributed by atoms with Crippen LogP contribution >= 0.6 is 0 Å². The fourth-order valence-corrected chi connectivity index (χ4v) is 2.35. The van der Waals surface area contributed by atoms with E-state index in [4.69, 9.17) is 0 Å². The highest BCUT2D eigenvalue weighted by atomic mass is 19.3. The van der Waals surface area contributed by atoms with Crippen LogP contribution in [0.2, 0.25) is 0 Å². The molecule has 0 aliphatic heterocycles. The van der Waals surface area contributed by atoms with E-state index >= 15 is 0 Å². The second kappa shape index (κ2) is 4.17. The van der Waals surface area contributed by atoms with E-state index in [1.54, 1.807) is 0 Å². The zero-order chi connectivity index (χ0) is 12.7. The Hall–Kier alpha value is -0.750. The molecule has 0 radical (unpaired) electrons. The molecular formula is C11H17F2NO3. The molecule has 4 nitrogen and oxygen atoms in total. The first-order chi connectivity index (χ1) is 7.85. The van der Waals surface area contributed by atoms with Gasteiger partial charge in [0, 0.05) is 6.42 Å². The lowest BCUT2D eigenvalue weighted by Gasteiger charge is -2.39. The number of halogens is 2. The summed E-state index contributed by atoms with van der Waals surface area (Å²) in [5, 5.41) is 21.5. The molecule has 0 bridgehead atoms. The number of carbonyl (C=O) groups is 1. The Kier molecular flexibility index (Phi) is 3.12. The molecule has 0 saturated heterocycles. The van der Waals surface area contributed by atoms with Gasteiger partial charge in [-0.2, -0.15) is 0 Å². The van der Waals surface area contributed by atoms with Gasteiger partial charge in [0.05, 0.1) is 6.04 Å².